The van der Waals surface area contributed by atoms with Crippen molar-refractivity contribution in [2.45, 2.75) is 32.0 Å². The number of rotatable bonds is 6. The second-order valence-electron chi connectivity index (χ2n) is 8.65. The van der Waals surface area contributed by atoms with Crippen molar-refractivity contribution in [2.24, 2.45) is 0 Å². The molecule has 1 N–H and O–H groups in total. The van der Waals surface area contributed by atoms with Gasteiger partial charge in [-0.25, -0.2) is 15.0 Å². The van der Waals surface area contributed by atoms with Gasteiger partial charge in [0.1, 0.15) is 11.5 Å². The van der Waals surface area contributed by atoms with Crippen molar-refractivity contribution >= 4 is 17.4 Å². The number of hydrogen-bond acceptors (Lipinski definition) is 6. The number of aromatic nitrogens is 4. The van der Waals surface area contributed by atoms with Gasteiger partial charge in [-0.2, -0.15) is 0 Å². The van der Waals surface area contributed by atoms with Crippen molar-refractivity contribution in [3.8, 4) is 11.3 Å². The summed E-state index contributed by atoms with van der Waals surface area (Å²) in [6.07, 6.45) is 6.94. The smallest absolute Gasteiger partial charge is 0.212 e. The van der Waals surface area contributed by atoms with Crippen LogP contribution in [0.2, 0.25) is 0 Å². The van der Waals surface area contributed by atoms with E-state index in [1.165, 1.54) is 12.0 Å². The number of likely N-dealkylation sites (N-methyl/N-ethyl adjacent to an activating group) is 1. The number of imidazole rings is 1. The Morgan fingerprint density at radius 1 is 1.00 bits per heavy atom. The van der Waals surface area contributed by atoms with Gasteiger partial charge in [-0.15, -0.1) is 0 Å². The fourth-order valence-corrected chi connectivity index (χ4v) is 5.11. The zero-order chi connectivity index (χ0) is 21.5. The Labute approximate surface area is 187 Å². The van der Waals surface area contributed by atoms with E-state index < -0.39 is 0 Å². The van der Waals surface area contributed by atoms with E-state index >= 15 is 0 Å². The molecule has 162 valence electrons. The number of piperazine rings is 1. The minimum atomic E-state index is 0.522. The van der Waals surface area contributed by atoms with Crippen LogP contribution in [0.1, 0.15) is 18.9 Å². The highest BCUT2D eigenvalue weighted by Gasteiger charge is 2.43. The molecule has 5 heterocycles. The van der Waals surface area contributed by atoms with E-state index in [4.69, 9.17) is 4.98 Å². The molecule has 0 amide bonds. The van der Waals surface area contributed by atoms with Crippen LogP contribution in [0.15, 0.2) is 67.1 Å². The summed E-state index contributed by atoms with van der Waals surface area (Å²) >= 11 is 0. The van der Waals surface area contributed by atoms with Crippen molar-refractivity contribution in [2.75, 3.05) is 29.9 Å². The number of benzene rings is 1. The SMILES string of the molecule is CCN1CC2CC1CN2c1nc(-c2ccnc(NCc3ccccc3)c2)cc2nccn12. The number of likely N-dealkylation sites (tertiary alicyclic amines) is 1. The van der Waals surface area contributed by atoms with Crippen LogP contribution in [-0.2, 0) is 6.54 Å². The van der Waals surface area contributed by atoms with Gasteiger partial charge in [-0.1, -0.05) is 37.3 Å². The molecule has 7 heteroatoms. The van der Waals surface area contributed by atoms with Crippen LogP contribution < -0.4 is 10.2 Å². The van der Waals surface area contributed by atoms with E-state index in [1.54, 1.807) is 0 Å². The van der Waals surface area contributed by atoms with Gasteiger partial charge in [0, 0.05) is 61.9 Å². The van der Waals surface area contributed by atoms with E-state index in [1.807, 2.05) is 30.7 Å². The highest BCUT2D eigenvalue weighted by molar-refractivity contribution is 5.68. The number of pyridine rings is 1. The van der Waals surface area contributed by atoms with Gasteiger partial charge < -0.3 is 10.2 Å². The molecule has 32 heavy (non-hydrogen) atoms. The fraction of sp³-hybridized carbons (Fsp3) is 0.320. The van der Waals surface area contributed by atoms with Gasteiger partial charge >= 0.3 is 0 Å². The molecule has 6 rings (SSSR count). The third-order valence-corrected chi connectivity index (χ3v) is 6.76. The molecule has 7 nitrogen and oxygen atoms in total. The van der Waals surface area contributed by atoms with Gasteiger partial charge in [-0.05, 0) is 30.7 Å². The predicted molar refractivity (Wildman–Crippen MR) is 127 cm³/mol. The second kappa shape index (κ2) is 7.91. The number of fused-ring (bicyclic) bond motifs is 3. The molecule has 4 aromatic rings. The van der Waals surface area contributed by atoms with Crippen LogP contribution in [-0.4, -0.2) is 56.0 Å². The Bertz CT molecular complexity index is 1240. The molecular formula is C25H27N7. The lowest BCUT2D eigenvalue weighted by atomic mass is 10.2. The Hall–Kier alpha value is -3.45. The van der Waals surface area contributed by atoms with Crippen LogP contribution in [0.25, 0.3) is 16.9 Å². The molecule has 0 saturated carbocycles. The first-order valence-electron chi connectivity index (χ1n) is 11.4. The molecular weight excluding hydrogens is 398 g/mol. The topological polar surface area (TPSA) is 61.6 Å². The third kappa shape index (κ3) is 3.39. The largest absolute Gasteiger partial charge is 0.366 e. The van der Waals surface area contributed by atoms with Gasteiger partial charge in [0.2, 0.25) is 5.95 Å². The quantitative estimate of drug-likeness (QED) is 0.508. The van der Waals surface area contributed by atoms with Crippen LogP contribution in [0, 0.1) is 0 Å². The number of hydrogen-bond donors (Lipinski definition) is 1. The molecule has 2 aliphatic rings. The van der Waals surface area contributed by atoms with Crippen molar-refractivity contribution < 1.29 is 0 Å². The summed E-state index contributed by atoms with van der Waals surface area (Å²) in [4.78, 5) is 19.3. The predicted octanol–water partition coefficient (Wildman–Crippen LogP) is 3.69. The standard InChI is InChI=1S/C25H27N7/c1-2-30-16-21-13-20(30)17-32(21)25-29-22(14-24-27-10-11-31(24)25)19-8-9-26-23(12-19)28-15-18-6-4-3-5-7-18/h3-12,14,20-21H,2,13,15-17H2,1H3,(H,26,28). The van der Waals surface area contributed by atoms with Crippen LogP contribution in [0.4, 0.5) is 11.8 Å². The number of anilines is 2. The Kier molecular flexibility index (Phi) is 4.76. The molecule has 2 saturated heterocycles. The van der Waals surface area contributed by atoms with Crippen LogP contribution >= 0.6 is 0 Å². The molecule has 0 aliphatic carbocycles. The minimum Gasteiger partial charge on any atom is -0.366 e. The number of nitrogens with one attached hydrogen (secondary N) is 1. The molecule has 2 unspecified atom stereocenters. The monoisotopic (exact) mass is 425 g/mol. The van der Waals surface area contributed by atoms with E-state index in [0.29, 0.717) is 12.1 Å². The molecule has 0 radical (unpaired) electrons. The Morgan fingerprint density at radius 3 is 2.72 bits per heavy atom. The Morgan fingerprint density at radius 2 is 1.91 bits per heavy atom. The first kappa shape index (κ1) is 19.3. The average Bonchev–Trinajstić information content (AvgIpc) is 3.58. The highest BCUT2D eigenvalue weighted by Crippen LogP contribution is 2.35. The van der Waals surface area contributed by atoms with Gasteiger partial charge in [0.05, 0.1) is 5.69 Å². The summed E-state index contributed by atoms with van der Waals surface area (Å²) in [6.45, 7) is 6.26. The normalized spacial score (nSPS) is 20.3. The van der Waals surface area contributed by atoms with Crippen molar-refractivity contribution in [3.05, 3.63) is 72.7 Å². The van der Waals surface area contributed by atoms with E-state index in [9.17, 15) is 0 Å². The molecule has 3 aromatic heterocycles. The van der Waals surface area contributed by atoms with Crippen molar-refractivity contribution in [1.29, 1.82) is 0 Å². The van der Waals surface area contributed by atoms with E-state index in [-0.39, 0.29) is 0 Å². The van der Waals surface area contributed by atoms with Gasteiger partial charge in [-0.3, -0.25) is 9.30 Å². The maximum absolute atomic E-state index is 5.13. The Balaban J connectivity index is 1.31. The first-order chi connectivity index (χ1) is 15.8. The maximum atomic E-state index is 5.13. The summed E-state index contributed by atoms with van der Waals surface area (Å²) in [7, 11) is 0. The highest BCUT2D eigenvalue weighted by atomic mass is 15.4. The zero-order valence-electron chi connectivity index (χ0n) is 18.2. The summed E-state index contributed by atoms with van der Waals surface area (Å²) in [6, 6.07) is 17.7. The molecule has 0 spiro atoms. The zero-order valence-corrected chi connectivity index (χ0v) is 18.2. The molecule has 2 bridgehead atoms. The van der Waals surface area contributed by atoms with Crippen molar-refractivity contribution in [3.63, 3.8) is 0 Å². The second-order valence-corrected chi connectivity index (χ2v) is 8.65. The summed E-state index contributed by atoms with van der Waals surface area (Å²) in [5.41, 5.74) is 4.13. The first-order valence-corrected chi connectivity index (χ1v) is 11.4. The van der Waals surface area contributed by atoms with Crippen molar-refractivity contribution in [1.82, 2.24) is 24.3 Å². The third-order valence-electron chi connectivity index (χ3n) is 6.76. The van der Waals surface area contributed by atoms with Crippen LogP contribution in [0.5, 0.6) is 0 Å². The van der Waals surface area contributed by atoms with E-state index in [0.717, 1.165) is 54.8 Å². The fourth-order valence-electron chi connectivity index (χ4n) is 5.11. The molecule has 2 atom stereocenters. The lowest BCUT2D eigenvalue weighted by molar-refractivity contribution is 0.250. The van der Waals surface area contributed by atoms with E-state index in [2.05, 4.69) is 72.8 Å². The summed E-state index contributed by atoms with van der Waals surface area (Å²) < 4.78 is 2.12. The number of nitrogens with zero attached hydrogens (tertiary/aromatic N) is 6. The molecule has 1 aromatic carbocycles. The summed E-state index contributed by atoms with van der Waals surface area (Å²) in [5, 5.41) is 3.43. The summed E-state index contributed by atoms with van der Waals surface area (Å²) in [5.74, 6) is 1.84. The minimum absolute atomic E-state index is 0.522. The van der Waals surface area contributed by atoms with Gasteiger partial charge in [0.15, 0.2) is 0 Å². The van der Waals surface area contributed by atoms with Crippen LogP contribution in [0.3, 0.4) is 0 Å². The lowest BCUT2D eigenvalue weighted by Gasteiger charge is -2.34. The average molecular weight is 426 g/mol. The lowest BCUT2D eigenvalue weighted by Crippen LogP contribution is -2.47. The maximum Gasteiger partial charge on any atom is 0.212 e. The molecule has 2 fully saturated rings. The van der Waals surface area contributed by atoms with Gasteiger partial charge in [0.25, 0.3) is 0 Å². The molecule has 2 aliphatic heterocycles.